The first-order valence-corrected chi connectivity index (χ1v) is 11.1. The smallest absolute Gasteiger partial charge is 0.244 e. The number of sulfonamides is 1. The fourth-order valence-electron chi connectivity index (χ4n) is 3.52. The topological polar surface area (TPSA) is 103 Å². The number of hydrogen-bond donors (Lipinski definition) is 0. The van der Waals surface area contributed by atoms with E-state index in [2.05, 4.69) is 15.0 Å². The molecule has 4 rings (SSSR count). The molecule has 0 saturated carbocycles. The second kappa shape index (κ2) is 8.36. The molecule has 1 atom stereocenters. The van der Waals surface area contributed by atoms with Crippen LogP contribution in [0.15, 0.2) is 64.0 Å². The Hall–Kier alpha value is -3.06. The SMILES string of the molecule is CC(c1nc(-c2ccccc2)no1)N1CCN(S(=O)(=O)c2ccccc2C#N)CC1. The summed E-state index contributed by atoms with van der Waals surface area (Å²) in [5.74, 6) is 1.03. The van der Waals surface area contributed by atoms with Gasteiger partial charge in [0.2, 0.25) is 21.7 Å². The second-order valence-electron chi connectivity index (χ2n) is 7.05. The van der Waals surface area contributed by atoms with Gasteiger partial charge < -0.3 is 4.52 Å². The van der Waals surface area contributed by atoms with Gasteiger partial charge in [-0.1, -0.05) is 47.6 Å². The van der Waals surface area contributed by atoms with Crippen LogP contribution < -0.4 is 0 Å². The molecule has 30 heavy (non-hydrogen) atoms. The first-order valence-electron chi connectivity index (χ1n) is 9.63. The number of rotatable bonds is 5. The minimum Gasteiger partial charge on any atom is -0.337 e. The fourth-order valence-corrected chi connectivity index (χ4v) is 5.08. The predicted molar refractivity (Wildman–Crippen MR) is 110 cm³/mol. The predicted octanol–water partition coefficient (Wildman–Crippen LogP) is 2.68. The van der Waals surface area contributed by atoms with Crippen LogP contribution in [0.3, 0.4) is 0 Å². The van der Waals surface area contributed by atoms with E-state index in [4.69, 9.17) is 4.52 Å². The number of nitrogens with zero attached hydrogens (tertiary/aromatic N) is 5. The maximum atomic E-state index is 13.0. The van der Waals surface area contributed by atoms with Crippen molar-refractivity contribution < 1.29 is 12.9 Å². The van der Waals surface area contributed by atoms with E-state index in [0.29, 0.717) is 37.9 Å². The van der Waals surface area contributed by atoms with E-state index < -0.39 is 10.0 Å². The zero-order valence-electron chi connectivity index (χ0n) is 16.5. The van der Waals surface area contributed by atoms with Crippen molar-refractivity contribution in [3.8, 4) is 17.5 Å². The first-order chi connectivity index (χ1) is 14.5. The van der Waals surface area contributed by atoms with Crippen LogP contribution >= 0.6 is 0 Å². The van der Waals surface area contributed by atoms with Gasteiger partial charge in [-0.05, 0) is 19.1 Å². The minimum absolute atomic E-state index is 0.0541. The van der Waals surface area contributed by atoms with Gasteiger partial charge in [-0.25, -0.2) is 8.42 Å². The van der Waals surface area contributed by atoms with Crippen molar-refractivity contribution in [1.82, 2.24) is 19.3 Å². The van der Waals surface area contributed by atoms with Gasteiger partial charge in [0, 0.05) is 31.7 Å². The lowest BCUT2D eigenvalue weighted by molar-refractivity contribution is 0.124. The van der Waals surface area contributed by atoms with Crippen LogP contribution in [-0.4, -0.2) is 53.9 Å². The maximum Gasteiger partial charge on any atom is 0.244 e. The Balaban J connectivity index is 1.45. The summed E-state index contributed by atoms with van der Waals surface area (Å²) in [5.41, 5.74) is 1.04. The van der Waals surface area contributed by atoms with E-state index in [0.717, 1.165) is 5.56 Å². The van der Waals surface area contributed by atoms with E-state index in [1.807, 2.05) is 43.3 Å². The van der Waals surface area contributed by atoms with Gasteiger partial charge in [0.25, 0.3) is 0 Å². The van der Waals surface area contributed by atoms with E-state index in [1.54, 1.807) is 12.1 Å². The van der Waals surface area contributed by atoms with Crippen molar-refractivity contribution in [3.05, 3.63) is 66.1 Å². The second-order valence-corrected chi connectivity index (χ2v) is 8.95. The van der Waals surface area contributed by atoms with Gasteiger partial charge in [-0.3, -0.25) is 4.90 Å². The van der Waals surface area contributed by atoms with Crippen molar-refractivity contribution in [2.24, 2.45) is 0 Å². The average molecular weight is 423 g/mol. The summed E-state index contributed by atoms with van der Waals surface area (Å²) >= 11 is 0. The third-order valence-corrected chi connectivity index (χ3v) is 7.23. The Labute approximate surface area is 175 Å². The van der Waals surface area contributed by atoms with E-state index in [9.17, 15) is 13.7 Å². The molecule has 1 unspecified atom stereocenters. The molecule has 0 bridgehead atoms. The molecule has 9 heteroatoms. The highest BCUT2D eigenvalue weighted by Gasteiger charge is 2.33. The Bertz CT molecular complexity index is 1160. The molecule has 8 nitrogen and oxygen atoms in total. The molecule has 2 aromatic carbocycles. The minimum atomic E-state index is -3.72. The fraction of sp³-hybridized carbons (Fsp3) is 0.286. The number of benzene rings is 2. The van der Waals surface area contributed by atoms with Crippen LogP contribution in [0.25, 0.3) is 11.4 Å². The molecule has 154 valence electrons. The lowest BCUT2D eigenvalue weighted by Gasteiger charge is -2.36. The highest BCUT2D eigenvalue weighted by molar-refractivity contribution is 7.89. The van der Waals surface area contributed by atoms with Crippen LogP contribution in [0.2, 0.25) is 0 Å². The molecular formula is C21H21N5O3S. The molecule has 1 aromatic heterocycles. The standard InChI is InChI=1S/C21H21N5O3S/c1-16(21-23-20(24-29-21)17-7-3-2-4-8-17)25-11-13-26(14-12-25)30(27,28)19-10-6-5-9-18(19)15-22/h2-10,16H,11-14H2,1H3. The molecule has 3 aromatic rings. The van der Waals surface area contributed by atoms with E-state index in [-0.39, 0.29) is 16.5 Å². The van der Waals surface area contributed by atoms with Gasteiger partial charge in [-0.2, -0.15) is 14.6 Å². The van der Waals surface area contributed by atoms with E-state index in [1.165, 1.54) is 16.4 Å². The molecule has 2 heterocycles. The van der Waals surface area contributed by atoms with Crippen LogP contribution in [0.4, 0.5) is 0 Å². The van der Waals surface area contributed by atoms with Crippen LogP contribution in [0, 0.1) is 11.3 Å². The van der Waals surface area contributed by atoms with Crippen molar-refractivity contribution in [2.75, 3.05) is 26.2 Å². The van der Waals surface area contributed by atoms with Gasteiger partial charge in [-0.15, -0.1) is 0 Å². The summed E-state index contributed by atoms with van der Waals surface area (Å²) in [4.78, 5) is 6.68. The zero-order valence-corrected chi connectivity index (χ0v) is 17.3. The van der Waals surface area contributed by atoms with Crippen LogP contribution in [0.1, 0.15) is 24.4 Å². The third-order valence-electron chi connectivity index (χ3n) is 5.28. The van der Waals surface area contributed by atoms with Crippen LogP contribution in [0.5, 0.6) is 0 Å². The van der Waals surface area contributed by atoms with Gasteiger partial charge in [0.05, 0.1) is 16.5 Å². The highest BCUT2D eigenvalue weighted by Crippen LogP contribution is 2.26. The van der Waals surface area contributed by atoms with Gasteiger partial charge >= 0.3 is 0 Å². The molecule has 1 saturated heterocycles. The lowest BCUT2D eigenvalue weighted by Crippen LogP contribution is -2.49. The lowest BCUT2D eigenvalue weighted by atomic mass is 10.2. The summed E-state index contributed by atoms with van der Waals surface area (Å²) in [5, 5.41) is 13.3. The van der Waals surface area contributed by atoms with Crippen molar-refractivity contribution in [3.63, 3.8) is 0 Å². The number of aromatic nitrogens is 2. The quantitative estimate of drug-likeness (QED) is 0.621. The van der Waals surface area contributed by atoms with E-state index >= 15 is 0 Å². The molecule has 0 spiro atoms. The average Bonchev–Trinajstić information content (AvgIpc) is 3.29. The third kappa shape index (κ3) is 3.85. The maximum absolute atomic E-state index is 13.0. The van der Waals surface area contributed by atoms with Crippen molar-refractivity contribution >= 4 is 10.0 Å². The summed E-state index contributed by atoms with van der Waals surface area (Å²) < 4.78 is 32.9. The Kier molecular flexibility index (Phi) is 5.63. The molecule has 0 N–H and O–H groups in total. The molecule has 0 amide bonds. The zero-order chi connectivity index (χ0) is 21.1. The molecule has 0 aliphatic carbocycles. The Morgan fingerprint density at radius 2 is 1.70 bits per heavy atom. The van der Waals surface area contributed by atoms with Crippen molar-refractivity contribution in [1.29, 1.82) is 5.26 Å². The Morgan fingerprint density at radius 1 is 1.03 bits per heavy atom. The highest BCUT2D eigenvalue weighted by atomic mass is 32.2. The molecule has 1 aliphatic heterocycles. The first kappa shape index (κ1) is 20.2. The number of nitriles is 1. The van der Waals surface area contributed by atoms with Gasteiger partial charge in [0.1, 0.15) is 6.07 Å². The van der Waals surface area contributed by atoms with Crippen molar-refractivity contribution in [2.45, 2.75) is 17.9 Å². The summed E-state index contributed by atoms with van der Waals surface area (Å²) in [6, 6.07) is 17.7. The monoisotopic (exact) mass is 423 g/mol. The molecule has 0 radical (unpaired) electrons. The molecule has 1 aliphatic rings. The summed E-state index contributed by atoms with van der Waals surface area (Å²) in [7, 11) is -3.72. The summed E-state index contributed by atoms with van der Waals surface area (Å²) in [6.07, 6.45) is 0. The summed E-state index contributed by atoms with van der Waals surface area (Å²) in [6.45, 7) is 3.67. The van der Waals surface area contributed by atoms with Gasteiger partial charge in [0.15, 0.2) is 0 Å². The van der Waals surface area contributed by atoms with Crippen LogP contribution in [-0.2, 0) is 10.0 Å². The molecule has 1 fully saturated rings. The normalized spacial score (nSPS) is 16.8. The largest absolute Gasteiger partial charge is 0.337 e. The molecular weight excluding hydrogens is 402 g/mol. The Morgan fingerprint density at radius 3 is 2.40 bits per heavy atom. The number of hydrogen-bond acceptors (Lipinski definition) is 7. The number of piperazine rings is 1.